The van der Waals surface area contributed by atoms with Crippen LogP contribution in [-0.4, -0.2) is 37.6 Å². The molecule has 22 heavy (non-hydrogen) atoms. The number of benzene rings is 1. The number of aliphatic hydroxyl groups excluding tert-OH is 1. The molecule has 0 radical (unpaired) electrons. The van der Waals surface area contributed by atoms with Crippen LogP contribution in [0.25, 0.3) is 0 Å². The Bertz CT molecular complexity index is 500. The number of hydrogen-bond acceptors (Lipinski definition) is 5. The maximum Gasteiger partial charge on any atom is 0.404 e. The molecule has 0 saturated carbocycles. The van der Waals surface area contributed by atoms with E-state index in [9.17, 15) is 9.90 Å². The number of nitrogens with two attached hydrogens (primary N) is 1. The number of primary amides is 1. The van der Waals surface area contributed by atoms with Crippen LogP contribution in [0, 0.1) is 0 Å². The second kappa shape index (κ2) is 9.89. The molecule has 124 valence electrons. The van der Waals surface area contributed by atoms with Crippen LogP contribution in [-0.2, 0) is 16.1 Å². The summed E-state index contributed by atoms with van der Waals surface area (Å²) in [4.78, 5) is 10.8. The Morgan fingerprint density at radius 1 is 1.50 bits per heavy atom. The van der Waals surface area contributed by atoms with Crippen LogP contribution in [0.1, 0.15) is 18.4 Å². The highest BCUT2D eigenvalue weighted by atomic mass is 79.9. The molecule has 0 aliphatic carbocycles. The van der Waals surface area contributed by atoms with Crippen molar-refractivity contribution in [3.63, 3.8) is 0 Å². The van der Waals surface area contributed by atoms with Gasteiger partial charge in [0.2, 0.25) is 0 Å². The van der Waals surface area contributed by atoms with Crippen LogP contribution in [0.2, 0.25) is 5.02 Å². The smallest absolute Gasteiger partial charge is 0.404 e. The third kappa shape index (κ3) is 6.39. The van der Waals surface area contributed by atoms with Crippen molar-refractivity contribution in [2.45, 2.75) is 25.6 Å². The summed E-state index contributed by atoms with van der Waals surface area (Å²) in [6, 6.07) is 3.33. The van der Waals surface area contributed by atoms with Gasteiger partial charge in [0.05, 0.1) is 19.8 Å². The van der Waals surface area contributed by atoms with Crippen molar-refractivity contribution in [3.8, 4) is 5.75 Å². The molecule has 3 N–H and O–H groups in total. The topological polar surface area (TPSA) is 91.0 Å². The van der Waals surface area contributed by atoms with E-state index in [2.05, 4.69) is 15.9 Å². The SMILES string of the molecule is COCC(CCCOc1cc(Cl)cc(Br)c1CO)OC(N)=O. The van der Waals surface area contributed by atoms with E-state index in [1.54, 1.807) is 12.1 Å². The predicted molar refractivity (Wildman–Crippen MR) is 86.1 cm³/mol. The van der Waals surface area contributed by atoms with E-state index in [0.29, 0.717) is 40.3 Å². The van der Waals surface area contributed by atoms with Crippen LogP contribution >= 0.6 is 27.5 Å². The van der Waals surface area contributed by atoms with Crippen molar-refractivity contribution in [2.24, 2.45) is 5.73 Å². The lowest BCUT2D eigenvalue weighted by Gasteiger charge is -2.16. The highest BCUT2D eigenvalue weighted by Gasteiger charge is 2.13. The summed E-state index contributed by atoms with van der Waals surface area (Å²) in [5, 5.41) is 9.87. The lowest BCUT2D eigenvalue weighted by Crippen LogP contribution is -2.27. The molecule has 1 amide bonds. The molecule has 0 aromatic heterocycles. The highest BCUT2D eigenvalue weighted by molar-refractivity contribution is 9.10. The number of amides is 1. The zero-order valence-electron chi connectivity index (χ0n) is 12.2. The van der Waals surface area contributed by atoms with Gasteiger partial charge in [0, 0.05) is 22.2 Å². The molecule has 1 unspecified atom stereocenters. The first-order valence-electron chi connectivity index (χ1n) is 6.64. The van der Waals surface area contributed by atoms with E-state index in [0.717, 1.165) is 0 Å². The molecule has 1 aromatic rings. The van der Waals surface area contributed by atoms with Crippen molar-refractivity contribution in [1.82, 2.24) is 0 Å². The molecule has 1 rings (SSSR count). The Balaban J connectivity index is 2.51. The number of aliphatic hydroxyl groups is 1. The first-order valence-corrected chi connectivity index (χ1v) is 7.81. The Morgan fingerprint density at radius 2 is 2.23 bits per heavy atom. The summed E-state index contributed by atoms with van der Waals surface area (Å²) in [5.74, 6) is 0.515. The van der Waals surface area contributed by atoms with E-state index in [1.807, 2.05) is 0 Å². The molecule has 0 bridgehead atoms. The highest BCUT2D eigenvalue weighted by Crippen LogP contribution is 2.31. The summed E-state index contributed by atoms with van der Waals surface area (Å²) < 4.78 is 16.2. The van der Waals surface area contributed by atoms with Gasteiger partial charge in [-0.25, -0.2) is 4.79 Å². The summed E-state index contributed by atoms with van der Waals surface area (Å²) in [6.07, 6.45) is -0.0673. The molecule has 0 fully saturated rings. The third-order valence-corrected chi connectivity index (χ3v) is 3.77. The molecule has 1 aromatic carbocycles. The number of ether oxygens (including phenoxy) is 3. The predicted octanol–water partition coefficient (Wildman–Crippen LogP) is 2.86. The van der Waals surface area contributed by atoms with Gasteiger partial charge in [-0.15, -0.1) is 0 Å². The van der Waals surface area contributed by atoms with Crippen molar-refractivity contribution in [1.29, 1.82) is 0 Å². The number of carbonyl (C=O) groups is 1. The normalized spacial score (nSPS) is 12.0. The fraction of sp³-hybridized carbons (Fsp3) is 0.500. The van der Waals surface area contributed by atoms with Crippen molar-refractivity contribution in [2.75, 3.05) is 20.3 Å². The van der Waals surface area contributed by atoms with Crippen molar-refractivity contribution >= 4 is 33.6 Å². The van der Waals surface area contributed by atoms with Gasteiger partial charge in [0.25, 0.3) is 0 Å². The van der Waals surface area contributed by atoms with E-state index in [-0.39, 0.29) is 13.2 Å². The molecule has 1 atom stereocenters. The molecule has 0 aliphatic heterocycles. The average Bonchev–Trinajstić information content (AvgIpc) is 2.42. The zero-order valence-corrected chi connectivity index (χ0v) is 14.5. The average molecular weight is 397 g/mol. The summed E-state index contributed by atoms with van der Waals surface area (Å²) >= 11 is 9.29. The van der Waals surface area contributed by atoms with Crippen LogP contribution in [0.15, 0.2) is 16.6 Å². The quantitative estimate of drug-likeness (QED) is 0.626. The summed E-state index contributed by atoms with van der Waals surface area (Å²) in [6.45, 7) is 0.486. The maximum atomic E-state index is 10.8. The van der Waals surface area contributed by atoms with E-state index in [4.69, 9.17) is 31.5 Å². The molecule has 0 spiro atoms. The van der Waals surface area contributed by atoms with Gasteiger partial charge < -0.3 is 25.1 Å². The van der Waals surface area contributed by atoms with Gasteiger partial charge in [0.15, 0.2) is 0 Å². The van der Waals surface area contributed by atoms with Gasteiger partial charge in [-0.05, 0) is 25.0 Å². The van der Waals surface area contributed by atoms with Crippen molar-refractivity contribution in [3.05, 3.63) is 27.2 Å². The first-order chi connectivity index (χ1) is 10.5. The first kappa shape index (κ1) is 19.0. The Morgan fingerprint density at radius 3 is 2.82 bits per heavy atom. The molecule has 0 saturated heterocycles. The molecule has 0 heterocycles. The summed E-state index contributed by atoms with van der Waals surface area (Å²) in [5.41, 5.74) is 5.63. The van der Waals surface area contributed by atoms with Crippen LogP contribution in [0.4, 0.5) is 4.79 Å². The van der Waals surface area contributed by atoms with E-state index in [1.165, 1.54) is 7.11 Å². The van der Waals surface area contributed by atoms with Crippen molar-refractivity contribution < 1.29 is 24.1 Å². The van der Waals surface area contributed by atoms with Gasteiger partial charge in [-0.1, -0.05) is 27.5 Å². The van der Waals surface area contributed by atoms with Gasteiger partial charge >= 0.3 is 6.09 Å². The number of halogens is 2. The second-order valence-electron chi connectivity index (χ2n) is 4.53. The molecular weight excluding hydrogens is 378 g/mol. The minimum atomic E-state index is -0.829. The van der Waals surface area contributed by atoms with E-state index < -0.39 is 12.2 Å². The lowest BCUT2D eigenvalue weighted by molar-refractivity contribution is 0.0364. The Labute approximate surface area is 142 Å². The van der Waals surface area contributed by atoms with Gasteiger partial charge in [0.1, 0.15) is 11.9 Å². The minimum Gasteiger partial charge on any atom is -0.493 e. The fourth-order valence-corrected chi connectivity index (χ4v) is 2.79. The van der Waals surface area contributed by atoms with Crippen LogP contribution in [0.5, 0.6) is 5.75 Å². The zero-order chi connectivity index (χ0) is 16.5. The largest absolute Gasteiger partial charge is 0.493 e. The Hall–Kier alpha value is -1.02. The van der Waals surface area contributed by atoms with E-state index >= 15 is 0 Å². The Kier molecular flexibility index (Phi) is 8.55. The maximum absolute atomic E-state index is 10.8. The number of methoxy groups -OCH3 is 1. The number of carbonyl (C=O) groups excluding carboxylic acids is 1. The number of rotatable bonds is 9. The second-order valence-corrected chi connectivity index (χ2v) is 5.82. The monoisotopic (exact) mass is 395 g/mol. The molecule has 6 nitrogen and oxygen atoms in total. The minimum absolute atomic E-state index is 0.163. The fourth-order valence-electron chi connectivity index (χ4n) is 1.88. The third-order valence-electron chi connectivity index (χ3n) is 2.84. The standard InChI is InChI=1S/C14H19BrClNO5/c1-20-8-10(22-14(17)19)3-2-4-21-13-6-9(16)5-12(15)11(13)7-18/h5-6,10,18H,2-4,7-8H2,1H3,(H2,17,19). The molecular formula is C14H19BrClNO5. The molecule has 8 heteroatoms. The van der Waals surface area contributed by atoms with Crippen LogP contribution in [0.3, 0.4) is 0 Å². The van der Waals surface area contributed by atoms with Gasteiger partial charge in [-0.3, -0.25) is 0 Å². The van der Waals surface area contributed by atoms with Gasteiger partial charge in [-0.2, -0.15) is 0 Å². The number of hydrogen-bond donors (Lipinski definition) is 2. The van der Waals surface area contributed by atoms with Crippen LogP contribution < -0.4 is 10.5 Å². The molecule has 0 aliphatic rings. The lowest BCUT2D eigenvalue weighted by atomic mass is 10.2. The summed E-state index contributed by atoms with van der Waals surface area (Å²) in [7, 11) is 1.52.